The van der Waals surface area contributed by atoms with Gasteiger partial charge in [0, 0.05) is 12.3 Å². The maximum absolute atomic E-state index is 10.4. The Hall–Kier alpha value is -0.120. The van der Waals surface area contributed by atoms with Crippen molar-refractivity contribution in [2.24, 2.45) is 46.3 Å². The summed E-state index contributed by atoms with van der Waals surface area (Å²) < 4.78 is 13.2. The minimum Gasteiger partial charge on any atom is -0.388 e. The molecular formula is C27H44O3. The van der Waals surface area contributed by atoms with Gasteiger partial charge in [-0.1, -0.05) is 33.6 Å². The highest BCUT2D eigenvalue weighted by molar-refractivity contribution is 5.15. The number of ether oxygens (including phenoxy) is 2. The second kappa shape index (κ2) is 6.48. The zero-order chi connectivity index (χ0) is 20.9. The summed E-state index contributed by atoms with van der Waals surface area (Å²) in [5.74, 6) is 4.36. The molecule has 11 atom stereocenters. The molecule has 3 heteroatoms. The molecule has 30 heavy (non-hydrogen) atoms. The van der Waals surface area contributed by atoms with Crippen LogP contribution in [0.15, 0.2) is 0 Å². The fourth-order valence-electron chi connectivity index (χ4n) is 10.3. The molecule has 6 rings (SSSR count). The first kappa shape index (κ1) is 20.5. The number of rotatable bonds is 0. The molecule has 3 nitrogen and oxygen atoms in total. The maximum Gasteiger partial charge on any atom is 0.171 e. The SMILES string of the molecule is C[C@@H]1[C@H]2[C@H](C[C@H]3[C@@H]4CCC5CCCC[C@]5(C)[C@H]4CC[C@]23C)O[C@]12CCC(C)(O)CO2. The molecule has 1 N–H and O–H groups in total. The van der Waals surface area contributed by atoms with Crippen molar-refractivity contribution in [3.63, 3.8) is 0 Å². The van der Waals surface area contributed by atoms with Crippen molar-refractivity contribution in [1.82, 2.24) is 0 Å². The van der Waals surface area contributed by atoms with Gasteiger partial charge in [0.2, 0.25) is 0 Å². The largest absolute Gasteiger partial charge is 0.388 e. The Balaban J connectivity index is 1.26. The fourth-order valence-corrected chi connectivity index (χ4v) is 10.3. The lowest BCUT2D eigenvalue weighted by Gasteiger charge is -2.61. The summed E-state index contributed by atoms with van der Waals surface area (Å²) in [4.78, 5) is 0. The number of hydrogen-bond acceptors (Lipinski definition) is 3. The predicted molar refractivity (Wildman–Crippen MR) is 118 cm³/mol. The van der Waals surface area contributed by atoms with Gasteiger partial charge in [-0.15, -0.1) is 0 Å². The van der Waals surface area contributed by atoms with Crippen molar-refractivity contribution < 1.29 is 14.6 Å². The van der Waals surface area contributed by atoms with E-state index in [1.54, 1.807) is 0 Å². The Morgan fingerprint density at radius 2 is 1.67 bits per heavy atom. The van der Waals surface area contributed by atoms with E-state index in [9.17, 15) is 5.11 Å². The first-order valence-corrected chi connectivity index (χ1v) is 13.2. The van der Waals surface area contributed by atoms with Gasteiger partial charge in [0.15, 0.2) is 5.79 Å². The third kappa shape index (κ3) is 2.61. The Morgan fingerprint density at radius 3 is 2.43 bits per heavy atom. The molecule has 2 heterocycles. The third-order valence-corrected chi connectivity index (χ3v) is 11.9. The summed E-state index contributed by atoms with van der Waals surface area (Å²) >= 11 is 0. The second-order valence-electron chi connectivity index (χ2n) is 13.3. The molecule has 2 unspecified atom stereocenters. The first-order valence-electron chi connectivity index (χ1n) is 13.2. The molecular weight excluding hydrogens is 372 g/mol. The van der Waals surface area contributed by atoms with Gasteiger partial charge in [-0.05, 0) is 98.7 Å². The molecule has 6 aliphatic rings. The average Bonchev–Trinajstić information content (AvgIpc) is 3.15. The normalized spacial score (nSPS) is 62.5. The topological polar surface area (TPSA) is 38.7 Å². The van der Waals surface area contributed by atoms with Crippen LogP contribution in [0.25, 0.3) is 0 Å². The van der Waals surface area contributed by atoms with Crippen LogP contribution in [0.2, 0.25) is 0 Å². The van der Waals surface area contributed by atoms with E-state index < -0.39 is 11.4 Å². The van der Waals surface area contributed by atoms with Gasteiger partial charge in [0.05, 0.1) is 18.3 Å². The number of aliphatic hydroxyl groups is 1. The van der Waals surface area contributed by atoms with Gasteiger partial charge in [0.1, 0.15) is 0 Å². The Bertz CT molecular complexity index is 692. The molecule has 0 bridgehead atoms. The lowest BCUT2D eigenvalue weighted by molar-refractivity contribution is -0.294. The Kier molecular flexibility index (Phi) is 4.42. The van der Waals surface area contributed by atoms with E-state index in [0.717, 1.165) is 36.5 Å². The minimum atomic E-state index is -0.690. The summed E-state index contributed by atoms with van der Waals surface area (Å²) in [6, 6.07) is 0. The lowest BCUT2D eigenvalue weighted by atomic mass is 9.44. The van der Waals surface area contributed by atoms with Gasteiger partial charge < -0.3 is 14.6 Å². The highest BCUT2D eigenvalue weighted by Gasteiger charge is 2.69. The molecule has 0 amide bonds. The molecule has 0 aromatic carbocycles. The Labute approximate surface area is 183 Å². The molecule has 4 aliphatic carbocycles. The monoisotopic (exact) mass is 416 g/mol. The van der Waals surface area contributed by atoms with E-state index in [-0.39, 0.29) is 0 Å². The van der Waals surface area contributed by atoms with E-state index in [1.807, 2.05) is 6.92 Å². The Morgan fingerprint density at radius 1 is 0.833 bits per heavy atom. The van der Waals surface area contributed by atoms with Crippen molar-refractivity contribution in [3.05, 3.63) is 0 Å². The second-order valence-corrected chi connectivity index (χ2v) is 13.3. The van der Waals surface area contributed by atoms with Crippen LogP contribution in [-0.2, 0) is 9.47 Å². The van der Waals surface area contributed by atoms with Gasteiger partial charge in [0.25, 0.3) is 0 Å². The highest BCUT2D eigenvalue weighted by Crippen LogP contribution is 2.71. The zero-order valence-corrected chi connectivity index (χ0v) is 19.8. The first-order chi connectivity index (χ1) is 14.2. The summed E-state index contributed by atoms with van der Waals surface area (Å²) in [5, 5.41) is 10.4. The van der Waals surface area contributed by atoms with Crippen molar-refractivity contribution in [1.29, 1.82) is 0 Å². The van der Waals surface area contributed by atoms with Crippen LogP contribution in [0, 0.1) is 46.3 Å². The molecule has 0 aromatic rings. The molecule has 1 spiro atoms. The summed E-state index contributed by atoms with van der Waals surface area (Å²) in [5.41, 5.74) is 0.340. The van der Waals surface area contributed by atoms with Crippen molar-refractivity contribution in [2.75, 3.05) is 6.61 Å². The molecule has 4 saturated carbocycles. The quantitative estimate of drug-likeness (QED) is 0.531. The molecule has 0 radical (unpaired) electrons. The predicted octanol–water partition coefficient (Wildman–Crippen LogP) is 5.94. The van der Waals surface area contributed by atoms with Gasteiger partial charge in [-0.25, -0.2) is 0 Å². The van der Waals surface area contributed by atoms with Crippen molar-refractivity contribution >= 4 is 0 Å². The van der Waals surface area contributed by atoms with E-state index in [2.05, 4.69) is 20.8 Å². The molecule has 170 valence electrons. The minimum absolute atomic E-state index is 0.369. The van der Waals surface area contributed by atoms with E-state index in [4.69, 9.17) is 9.47 Å². The lowest BCUT2D eigenvalue weighted by Crippen LogP contribution is -2.55. The van der Waals surface area contributed by atoms with Crippen LogP contribution < -0.4 is 0 Å². The standard InChI is InChI=1S/C27H44O3/c1-17-23-22(30-27(17)14-13-24(2,28)16-29-27)15-21-19-9-8-18-7-5-6-11-25(18,3)20(19)10-12-26(21,23)4/h17-23,28H,5-16H2,1-4H3/t17-,18?,19-,20+,21+,22+,23+,24?,25+,26+,27-/m1/s1. The van der Waals surface area contributed by atoms with Crippen LogP contribution in [0.3, 0.4) is 0 Å². The molecule has 0 aromatic heterocycles. The van der Waals surface area contributed by atoms with E-state index >= 15 is 0 Å². The molecule has 6 fully saturated rings. The van der Waals surface area contributed by atoms with E-state index in [1.165, 1.54) is 57.8 Å². The zero-order valence-electron chi connectivity index (χ0n) is 19.8. The smallest absolute Gasteiger partial charge is 0.171 e. The fraction of sp³-hybridized carbons (Fsp3) is 1.00. The third-order valence-electron chi connectivity index (χ3n) is 11.9. The average molecular weight is 417 g/mol. The van der Waals surface area contributed by atoms with Crippen molar-refractivity contribution in [2.45, 2.75) is 116 Å². The summed E-state index contributed by atoms with van der Waals surface area (Å²) in [7, 11) is 0. The molecule has 2 aliphatic heterocycles. The highest BCUT2D eigenvalue weighted by atomic mass is 16.7. The van der Waals surface area contributed by atoms with Crippen LogP contribution in [0.5, 0.6) is 0 Å². The van der Waals surface area contributed by atoms with Gasteiger partial charge in [-0.3, -0.25) is 0 Å². The van der Waals surface area contributed by atoms with Crippen LogP contribution in [0.1, 0.15) is 98.3 Å². The van der Waals surface area contributed by atoms with Crippen molar-refractivity contribution in [3.8, 4) is 0 Å². The summed E-state index contributed by atoms with van der Waals surface area (Å²) in [6.45, 7) is 10.0. The number of fused-ring (bicyclic) bond motifs is 7. The van der Waals surface area contributed by atoms with E-state index in [0.29, 0.717) is 35.4 Å². The van der Waals surface area contributed by atoms with Crippen LogP contribution >= 0.6 is 0 Å². The number of hydrogen-bond donors (Lipinski definition) is 1. The summed E-state index contributed by atoms with van der Waals surface area (Å²) in [6.07, 6.45) is 15.0. The van der Waals surface area contributed by atoms with Gasteiger partial charge in [-0.2, -0.15) is 0 Å². The van der Waals surface area contributed by atoms with Gasteiger partial charge >= 0.3 is 0 Å². The maximum atomic E-state index is 10.4. The molecule has 2 saturated heterocycles. The van der Waals surface area contributed by atoms with Crippen LogP contribution in [0.4, 0.5) is 0 Å². The van der Waals surface area contributed by atoms with Crippen LogP contribution in [-0.4, -0.2) is 29.2 Å².